The first-order valence-corrected chi connectivity index (χ1v) is 6.45. The van der Waals surface area contributed by atoms with Gasteiger partial charge in [-0.05, 0) is 13.0 Å². The zero-order valence-corrected chi connectivity index (χ0v) is 11.8. The van der Waals surface area contributed by atoms with E-state index in [9.17, 15) is 4.79 Å². The maximum atomic E-state index is 11.6. The van der Waals surface area contributed by atoms with E-state index >= 15 is 0 Å². The van der Waals surface area contributed by atoms with E-state index < -0.39 is 0 Å². The van der Waals surface area contributed by atoms with Gasteiger partial charge in [-0.1, -0.05) is 37.0 Å². The summed E-state index contributed by atoms with van der Waals surface area (Å²) in [5.41, 5.74) is 0.266. The third-order valence-electron chi connectivity index (χ3n) is 2.15. The van der Waals surface area contributed by atoms with Crippen LogP contribution >= 0.6 is 23.2 Å². The van der Waals surface area contributed by atoms with E-state index in [4.69, 9.17) is 23.2 Å². The molecule has 1 rings (SSSR count). The van der Waals surface area contributed by atoms with Crippen molar-refractivity contribution in [3.63, 3.8) is 0 Å². The van der Waals surface area contributed by atoms with Gasteiger partial charge in [-0.2, -0.15) is 0 Å². The maximum Gasteiger partial charge on any atom is 0.224 e. The van der Waals surface area contributed by atoms with Gasteiger partial charge in [-0.25, -0.2) is 9.97 Å². The van der Waals surface area contributed by atoms with Crippen molar-refractivity contribution in [3.8, 4) is 0 Å². The molecule has 0 unspecified atom stereocenters. The molecule has 0 aromatic carbocycles. The number of aromatic nitrogens is 2. The van der Waals surface area contributed by atoms with Crippen molar-refractivity contribution < 1.29 is 4.79 Å². The molecule has 0 spiro atoms. The Morgan fingerprint density at radius 1 is 1.33 bits per heavy atom. The zero-order chi connectivity index (χ0) is 13.5. The summed E-state index contributed by atoms with van der Waals surface area (Å²) in [4.78, 5) is 19.2. The summed E-state index contributed by atoms with van der Waals surface area (Å²) in [7, 11) is 0. The molecule has 0 bridgehead atoms. The predicted molar refractivity (Wildman–Crippen MR) is 73.1 cm³/mol. The molecule has 0 aliphatic rings. The van der Waals surface area contributed by atoms with Gasteiger partial charge < -0.3 is 10.6 Å². The van der Waals surface area contributed by atoms with E-state index in [1.165, 1.54) is 6.33 Å². The molecular formula is C11H16Cl2N4O. The number of halogens is 2. The minimum absolute atomic E-state index is 0.142. The number of anilines is 1. The second-order valence-corrected chi connectivity index (χ2v) is 4.81. The molecule has 18 heavy (non-hydrogen) atoms. The van der Waals surface area contributed by atoms with Gasteiger partial charge in [0.2, 0.25) is 5.91 Å². The molecular weight excluding hydrogens is 275 g/mol. The molecule has 7 heteroatoms. The summed E-state index contributed by atoms with van der Waals surface area (Å²) < 4.78 is 0. The van der Waals surface area contributed by atoms with Crippen LogP contribution in [0.1, 0.15) is 26.7 Å². The number of hydrogen-bond acceptors (Lipinski definition) is 4. The van der Waals surface area contributed by atoms with Crippen LogP contribution < -0.4 is 10.6 Å². The summed E-state index contributed by atoms with van der Waals surface area (Å²) in [5, 5.41) is 6.13. The Morgan fingerprint density at radius 2 is 1.94 bits per heavy atom. The molecule has 0 fully saturated rings. The van der Waals surface area contributed by atoms with Gasteiger partial charge in [0.25, 0.3) is 0 Å². The Kier molecular flexibility index (Phi) is 6.32. The van der Waals surface area contributed by atoms with E-state index in [1.54, 1.807) is 0 Å². The highest BCUT2D eigenvalue weighted by molar-refractivity contribution is 6.38. The van der Waals surface area contributed by atoms with E-state index in [0.29, 0.717) is 12.5 Å². The molecule has 0 atom stereocenters. The fourth-order valence-corrected chi connectivity index (χ4v) is 1.70. The number of hydrogen-bond donors (Lipinski definition) is 2. The van der Waals surface area contributed by atoms with Gasteiger partial charge in [-0.3, -0.25) is 4.79 Å². The lowest BCUT2D eigenvalue weighted by Gasteiger charge is -2.09. The first-order chi connectivity index (χ1) is 8.50. The fourth-order valence-electron chi connectivity index (χ4n) is 1.29. The van der Waals surface area contributed by atoms with Crippen molar-refractivity contribution in [2.24, 2.45) is 0 Å². The molecule has 1 amide bonds. The number of carbonyl (C=O) groups excluding carboxylic acids is 1. The van der Waals surface area contributed by atoms with Gasteiger partial charge in [-0.15, -0.1) is 0 Å². The topological polar surface area (TPSA) is 66.9 Å². The highest BCUT2D eigenvalue weighted by Gasteiger charge is 2.11. The smallest absolute Gasteiger partial charge is 0.224 e. The minimum Gasteiger partial charge on any atom is -0.321 e. The fraction of sp³-hybridized carbons (Fsp3) is 0.545. The third kappa shape index (κ3) is 5.16. The third-order valence-corrected chi connectivity index (χ3v) is 2.73. The number of amides is 1. The lowest BCUT2D eigenvalue weighted by molar-refractivity contribution is -0.116. The largest absolute Gasteiger partial charge is 0.321 e. The molecule has 0 saturated carbocycles. The molecule has 1 heterocycles. The quantitative estimate of drug-likeness (QED) is 0.624. The summed E-state index contributed by atoms with van der Waals surface area (Å²) in [6.45, 7) is 4.90. The number of nitrogens with zero attached hydrogens (tertiary/aromatic N) is 2. The van der Waals surface area contributed by atoms with Crippen LogP contribution in [0.25, 0.3) is 0 Å². The Balaban J connectivity index is 2.40. The first-order valence-electron chi connectivity index (χ1n) is 5.70. The molecule has 2 N–H and O–H groups in total. The van der Waals surface area contributed by atoms with Gasteiger partial charge in [0.15, 0.2) is 10.3 Å². The van der Waals surface area contributed by atoms with Gasteiger partial charge >= 0.3 is 0 Å². The minimum atomic E-state index is -0.154. The standard InChI is InChI=1S/C11H16Cl2N4O/c1-7(2)14-5-3-4-8(18)17-9-10(12)15-6-16-11(9)13/h6-7,14H,3-5H2,1-2H3,(H,17,18). The maximum absolute atomic E-state index is 11.6. The van der Waals surface area contributed by atoms with Crippen LogP contribution in [0.5, 0.6) is 0 Å². The molecule has 0 aliphatic carbocycles. The van der Waals surface area contributed by atoms with Crippen molar-refractivity contribution in [2.75, 3.05) is 11.9 Å². The Labute approximate surface area is 116 Å². The normalized spacial score (nSPS) is 10.7. The molecule has 0 aliphatic heterocycles. The van der Waals surface area contributed by atoms with Crippen molar-refractivity contribution in [3.05, 3.63) is 16.6 Å². The van der Waals surface area contributed by atoms with Crippen LogP contribution in [0, 0.1) is 0 Å². The SMILES string of the molecule is CC(C)NCCCC(=O)Nc1c(Cl)ncnc1Cl. The van der Waals surface area contributed by atoms with Crippen LogP contribution in [-0.2, 0) is 4.79 Å². The highest BCUT2D eigenvalue weighted by Crippen LogP contribution is 2.25. The first kappa shape index (κ1) is 15.1. The highest BCUT2D eigenvalue weighted by atomic mass is 35.5. The molecule has 1 aromatic rings. The molecule has 5 nitrogen and oxygen atoms in total. The number of nitrogens with one attached hydrogen (secondary N) is 2. The average Bonchev–Trinajstić information content (AvgIpc) is 2.29. The average molecular weight is 291 g/mol. The van der Waals surface area contributed by atoms with Crippen molar-refractivity contribution in [1.29, 1.82) is 0 Å². The van der Waals surface area contributed by atoms with E-state index in [2.05, 4.69) is 34.4 Å². The summed E-state index contributed by atoms with van der Waals surface area (Å²) in [6, 6.07) is 0.416. The van der Waals surface area contributed by atoms with Crippen LogP contribution in [0.2, 0.25) is 10.3 Å². The van der Waals surface area contributed by atoms with Gasteiger partial charge in [0, 0.05) is 12.5 Å². The monoisotopic (exact) mass is 290 g/mol. The predicted octanol–water partition coefficient (Wildman–Crippen LogP) is 2.50. The number of rotatable bonds is 6. The Bertz CT molecular complexity index is 392. The van der Waals surface area contributed by atoms with Crippen molar-refractivity contribution >= 4 is 34.8 Å². The van der Waals surface area contributed by atoms with Crippen LogP contribution in [-0.4, -0.2) is 28.5 Å². The van der Waals surface area contributed by atoms with Crippen molar-refractivity contribution in [1.82, 2.24) is 15.3 Å². The lowest BCUT2D eigenvalue weighted by atomic mass is 10.2. The van der Waals surface area contributed by atoms with E-state index in [1.807, 2.05) is 0 Å². The molecule has 0 saturated heterocycles. The molecule has 100 valence electrons. The van der Waals surface area contributed by atoms with E-state index in [0.717, 1.165) is 13.0 Å². The van der Waals surface area contributed by atoms with Gasteiger partial charge in [0.05, 0.1) is 0 Å². The van der Waals surface area contributed by atoms with Gasteiger partial charge in [0.1, 0.15) is 12.0 Å². The van der Waals surface area contributed by atoms with Crippen molar-refractivity contribution in [2.45, 2.75) is 32.7 Å². The van der Waals surface area contributed by atoms with Crippen LogP contribution in [0.4, 0.5) is 5.69 Å². The molecule has 0 radical (unpaired) electrons. The Morgan fingerprint density at radius 3 is 2.50 bits per heavy atom. The van der Waals surface area contributed by atoms with E-state index in [-0.39, 0.29) is 21.9 Å². The second-order valence-electron chi connectivity index (χ2n) is 4.09. The molecule has 1 aromatic heterocycles. The summed E-state index contributed by atoms with van der Waals surface area (Å²) in [5.74, 6) is -0.154. The summed E-state index contributed by atoms with van der Waals surface area (Å²) >= 11 is 11.6. The van der Waals surface area contributed by atoms with Crippen LogP contribution in [0.3, 0.4) is 0 Å². The summed E-state index contributed by atoms with van der Waals surface area (Å²) in [6.07, 6.45) is 2.38. The zero-order valence-electron chi connectivity index (χ0n) is 10.3. The number of carbonyl (C=O) groups is 1. The second kappa shape index (κ2) is 7.51. The van der Waals surface area contributed by atoms with Crippen LogP contribution in [0.15, 0.2) is 6.33 Å². The Hall–Kier alpha value is -0.910. The lowest BCUT2D eigenvalue weighted by Crippen LogP contribution is -2.24.